The molecule has 1 fully saturated rings. The molecule has 0 saturated carbocycles. The summed E-state index contributed by atoms with van der Waals surface area (Å²) >= 11 is 0. The van der Waals surface area contributed by atoms with Crippen LogP contribution in [0.1, 0.15) is 57.5 Å². The van der Waals surface area contributed by atoms with Gasteiger partial charge in [0, 0.05) is 56.9 Å². The number of carbonyl (C=O) groups is 2. The number of likely N-dealkylation sites (tertiary alicyclic amines) is 1. The number of alkyl halides is 3. The third-order valence-electron chi connectivity index (χ3n) is 6.82. The fourth-order valence-corrected chi connectivity index (χ4v) is 4.75. The fraction of sp³-hybridized carbons (Fsp3) is 0.444. The molecule has 0 spiro atoms. The van der Waals surface area contributed by atoms with E-state index in [1.165, 1.54) is 4.90 Å². The van der Waals surface area contributed by atoms with E-state index in [4.69, 9.17) is 4.74 Å². The number of carbonyl (C=O) groups excluding carboxylic acids is 2. The third kappa shape index (κ3) is 6.18. The summed E-state index contributed by atoms with van der Waals surface area (Å²) < 4.78 is 59.5. The van der Waals surface area contributed by atoms with Crippen LogP contribution < -0.4 is 0 Å². The first-order valence-corrected chi connectivity index (χ1v) is 12.2. The van der Waals surface area contributed by atoms with Crippen LogP contribution in [-0.4, -0.2) is 53.2 Å². The number of aromatic nitrogens is 2. The lowest BCUT2D eigenvalue weighted by Gasteiger charge is -2.32. The predicted octanol–water partition coefficient (Wildman–Crippen LogP) is 5.66. The Morgan fingerprint density at radius 1 is 1.11 bits per heavy atom. The first-order valence-electron chi connectivity index (χ1n) is 12.2. The molecule has 1 aliphatic rings. The van der Waals surface area contributed by atoms with E-state index in [0.29, 0.717) is 63.6 Å². The number of fused-ring (bicyclic) bond motifs is 1. The maximum Gasteiger partial charge on any atom is 0.416 e. The number of piperidine rings is 1. The number of rotatable bonds is 8. The van der Waals surface area contributed by atoms with Crippen LogP contribution in [0.2, 0.25) is 0 Å². The predicted molar refractivity (Wildman–Crippen MR) is 130 cm³/mol. The number of amides is 1. The highest BCUT2D eigenvalue weighted by molar-refractivity contribution is 6.00. The Morgan fingerprint density at radius 2 is 1.84 bits per heavy atom. The van der Waals surface area contributed by atoms with E-state index in [-0.39, 0.29) is 17.3 Å². The molecule has 1 aliphatic heterocycles. The van der Waals surface area contributed by atoms with Crippen LogP contribution in [0.25, 0.3) is 10.9 Å². The number of ether oxygens (including phenoxy) is 1. The van der Waals surface area contributed by atoms with Crippen LogP contribution in [0.15, 0.2) is 36.5 Å². The second-order valence-corrected chi connectivity index (χ2v) is 9.52. The second kappa shape index (κ2) is 11.0. The molecule has 1 amide bonds. The average Bonchev–Trinajstić information content (AvgIpc) is 3.24. The van der Waals surface area contributed by atoms with Crippen molar-refractivity contribution in [3.05, 3.63) is 64.6 Å². The van der Waals surface area contributed by atoms with E-state index in [0.717, 1.165) is 28.6 Å². The maximum atomic E-state index is 14.2. The zero-order valence-corrected chi connectivity index (χ0v) is 20.8. The van der Waals surface area contributed by atoms with Gasteiger partial charge in [0.2, 0.25) is 0 Å². The first kappa shape index (κ1) is 26.8. The molecule has 0 atom stereocenters. The Labute approximate surface area is 212 Å². The molecule has 1 aromatic heterocycles. The van der Waals surface area contributed by atoms with Crippen molar-refractivity contribution in [2.45, 2.75) is 45.3 Å². The van der Waals surface area contributed by atoms with Gasteiger partial charge in [-0.2, -0.15) is 18.3 Å². The molecule has 0 bridgehead atoms. The Kier molecular flexibility index (Phi) is 7.96. The van der Waals surface area contributed by atoms with Gasteiger partial charge in [0.1, 0.15) is 5.82 Å². The lowest BCUT2D eigenvalue weighted by molar-refractivity contribution is -0.137. The highest BCUT2D eigenvalue weighted by Crippen LogP contribution is 2.31. The molecular weight excluding hydrogens is 490 g/mol. The number of methoxy groups -OCH3 is 1. The fourth-order valence-electron chi connectivity index (χ4n) is 4.75. The lowest BCUT2D eigenvalue weighted by atomic mass is 9.96. The van der Waals surface area contributed by atoms with Gasteiger partial charge in [0.15, 0.2) is 5.78 Å². The first-order chi connectivity index (χ1) is 17.6. The zero-order valence-electron chi connectivity index (χ0n) is 20.8. The summed E-state index contributed by atoms with van der Waals surface area (Å²) in [7, 11) is 1.61. The standard InChI is InChI=1S/C27H29F4N3O3/c1-17-12-24-19(13-22(17)25(35)4-3-11-37-2)16-34(32-24)15-18-7-9-33(10-8-18)26(36)21-6-5-20(14-23(21)28)27(29,30)31/h5-6,12-14,16,18H,3-4,7-11,15H2,1-2H3. The number of Topliss-reactive ketones (excluding diaryl/α,β-unsaturated/α-hetero) is 1. The summed E-state index contributed by atoms with van der Waals surface area (Å²) in [5, 5.41) is 5.53. The van der Waals surface area contributed by atoms with Crippen molar-refractivity contribution >= 4 is 22.6 Å². The molecule has 0 unspecified atom stereocenters. The number of benzene rings is 2. The van der Waals surface area contributed by atoms with E-state index in [1.807, 2.05) is 29.9 Å². The molecule has 4 rings (SSSR count). The van der Waals surface area contributed by atoms with Gasteiger partial charge in [-0.3, -0.25) is 14.3 Å². The van der Waals surface area contributed by atoms with Gasteiger partial charge >= 0.3 is 6.18 Å². The van der Waals surface area contributed by atoms with E-state index < -0.39 is 23.5 Å². The lowest BCUT2D eigenvalue weighted by Crippen LogP contribution is -2.39. The number of aryl methyl sites for hydroxylation is 1. The van der Waals surface area contributed by atoms with Crippen molar-refractivity contribution in [2.75, 3.05) is 26.8 Å². The molecule has 37 heavy (non-hydrogen) atoms. The van der Waals surface area contributed by atoms with Crippen molar-refractivity contribution in [3.8, 4) is 0 Å². The quantitative estimate of drug-likeness (QED) is 0.219. The molecule has 2 aromatic carbocycles. The largest absolute Gasteiger partial charge is 0.416 e. The van der Waals surface area contributed by atoms with E-state index in [2.05, 4.69) is 5.10 Å². The number of hydrogen-bond acceptors (Lipinski definition) is 4. The van der Waals surface area contributed by atoms with Crippen LogP contribution in [0.4, 0.5) is 17.6 Å². The molecular formula is C27H29F4N3O3. The Balaban J connectivity index is 1.37. The highest BCUT2D eigenvalue weighted by Gasteiger charge is 2.32. The number of hydrogen-bond donors (Lipinski definition) is 0. The van der Waals surface area contributed by atoms with Gasteiger partial charge in [0.25, 0.3) is 5.91 Å². The van der Waals surface area contributed by atoms with Crippen LogP contribution in [-0.2, 0) is 17.5 Å². The third-order valence-corrected chi connectivity index (χ3v) is 6.82. The second-order valence-electron chi connectivity index (χ2n) is 9.52. The zero-order chi connectivity index (χ0) is 26.7. The maximum absolute atomic E-state index is 14.2. The monoisotopic (exact) mass is 519 g/mol. The summed E-state index contributed by atoms with van der Waals surface area (Å²) in [5.74, 6) is -1.47. The Morgan fingerprint density at radius 3 is 2.49 bits per heavy atom. The number of ketones is 1. The van der Waals surface area contributed by atoms with Crippen LogP contribution >= 0.6 is 0 Å². The molecule has 10 heteroatoms. The SMILES string of the molecule is COCCCC(=O)c1cc2cn(CC3CCN(C(=O)c4ccc(C(F)(F)F)cc4F)CC3)nc2cc1C. The van der Waals surface area contributed by atoms with Crippen LogP contribution in [0.5, 0.6) is 0 Å². The van der Waals surface area contributed by atoms with Gasteiger partial charge in [-0.25, -0.2) is 4.39 Å². The minimum atomic E-state index is -4.67. The number of nitrogens with zero attached hydrogens (tertiary/aromatic N) is 3. The van der Waals surface area contributed by atoms with E-state index in [1.54, 1.807) is 7.11 Å². The molecule has 0 aliphatic carbocycles. The molecule has 2 heterocycles. The number of halogens is 4. The van der Waals surface area contributed by atoms with Crippen molar-refractivity contribution < 1.29 is 31.9 Å². The van der Waals surface area contributed by atoms with Gasteiger partial charge in [0.05, 0.1) is 16.6 Å². The van der Waals surface area contributed by atoms with Gasteiger partial charge in [-0.15, -0.1) is 0 Å². The Bertz CT molecular complexity index is 1290. The Hall–Kier alpha value is -3.27. The minimum Gasteiger partial charge on any atom is -0.385 e. The summed E-state index contributed by atoms with van der Waals surface area (Å²) in [5.41, 5.74) is 0.890. The molecule has 198 valence electrons. The highest BCUT2D eigenvalue weighted by atomic mass is 19.4. The van der Waals surface area contributed by atoms with Gasteiger partial charge in [-0.1, -0.05) is 0 Å². The molecule has 3 aromatic rings. The molecule has 6 nitrogen and oxygen atoms in total. The van der Waals surface area contributed by atoms with Crippen molar-refractivity contribution in [1.82, 2.24) is 14.7 Å². The van der Waals surface area contributed by atoms with E-state index in [9.17, 15) is 27.2 Å². The molecule has 0 N–H and O–H groups in total. The van der Waals surface area contributed by atoms with E-state index >= 15 is 0 Å². The normalized spacial score (nSPS) is 14.9. The minimum absolute atomic E-state index is 0.0747. The topological polar surface area (TPSA) is 64.4 Å². The van der Waals surface area contributed by atoms with Crippen LogP contribution in [0, 0.1) is 18.7 Å². The van der Waals surface area contributed by atoms with Crippen molar-refractivity contribution in [3.63, 3.8) is 0 Å². The molecule has 0 radical (unpaired) electrons. The van der Waals surface area contributed by atoms with Crippen molar-refractivity contribution in [1.29, 1.82) is 0 Å². The summed E-state index contributed by atoms with van der Waals surface area (Å²) in [6, 6.07) is 5.79. The van der Waals surface area contributed by atoms with Gasteiger partial charge < -0.3 is 9.64 Å². The summed E-state index contributed by atoms with van der Waals surface area (Å²) in [6.45, 7) is 3.82. The summed E-state index contributed by atoms with van der Waals surface area (Å²) in [6.07, 6.45) is -0.354. The average molecular weight is 520 g/mol. The van der Waals surface area contributed by atoms with Crippen molar-refractivity contribution in [2.24, 2.45) is 5.92 Å². The molecule has 1 saturated heterocycles. The van der Waals surface area contributed by atoms with Gasteiger partial charge in [-0.05, 0) is 68.0 Å². The summed E-state index contributed by atoms with van der Waals surface area (Å²) in [4.78, 5) is 26.8. The smallest absolute Gasteiger partial charge is 0.385 e. The van der Waals surface area contributed by atoms with Crippen LogP contribution in [0.3, 0.4) is 0 Å².